The van der Waals surface area contributed by atoms with Crippen LogP contribution in [0.3, 0.4) is 0 Å². The average Bonchev–Trinajstić information content (AvgIpc) is 3.25. The van der Waals surface area contributed by atoms with E-state index in [9.17, 15) is 0 Å². The van der Waals surface area contributed by atoms with Crippen molar-refractivity contribution in [3.05, 3.63) is 29.3 Å². The molecule has 0 radical (unpaired) electrons. The quantitative estimate of drug-likeness (QED) is 0.743. The molecule has 1 unspecified atom stereocenters. The predicted molar refractivity (Wildman–Crippen MR) is 80.5 cm³/mol. The highest BCUT2D eigenvalue weighted by atomic mass is 32.1. The van der Waals surface area contributed by atoms with Gasteiger partial charge in [0.25, 0.3) is 0 Å². The van der Waals surface area contributed by atoms with E-state index in [2.05, 4.69) is 22.2 Å². The molecule has 1 fully saturated rings. The topological polar surface area (TPSA) is 60.9 Å². The molecule has 4 rings (SSSR count). The zero-order valence-corrected chi connectivity index (χ0v) is 12.8. The molecule has 0 N–H and O–H groups in total. The minimum Gasteiger partial charge on any atom is -0.263 e. The first-order valence-corrected chi connectivity index (χ1v) is 8.39. The number of hydrogen-bond donors (Lipinski definition) is 0. The smallest absolute Gasteiger partial charge is 0.234 e. The molecule has 0 spiro atoms. The van der Waals surface area contributed by atoms with Crippen LogP contribution in [0.5, 0.6) is 0 Å². The lowest BCUT2D eigenvalue weighted by Gasteiger charge is -2.11. The fraction of sp³-hybridized carbons (Fsp3) is 0.571. The van der Waals surface area contributed by atoms with E-state index in [-0.39, 0.29) is 6.04 Å². The van der Waals surface area contributed by atoms with Gasteiger partial charge in [-0.25, -0.2) is 0 Å². The van der Waals surface area contributed by atoms with E-state index in [1.54, 1.807) is 11.3 Å². The molecule has 1 aliphatic rings. The molecule has 0 bridgehead atoms. The van der Waals surface area contributed by atoms with Crippen LogP contribution in [0.1, 0.15) is 61.8 Å². The average molecular weight is 302 g/mol. The van der Waals surface area contributed by atoms with Gasteiger partial charge in [-0.15, -0.1) is 10.2 Å². The number of hydrogen-bond acceptors (Lipinski definition) is 5. The van der Waals surface area contributed by atoms with Crippen molar-refractivity contribution >= 4 is 16.3 Å². The molecule has 0 aromatic carbocycles. The summed E-state index contributed by atoms with van der Waals surface area (Å²) < 4.78 is 3.93. The first-order chi connectivity index (χ1) is 10.4. The monoisotopic (exact) mass is 302 g/mol. The van der Waals surface area contributed by atoms with E-state index in [0.29, 0.717) is 5.92 Å². The summed E-state index contributed by atoms with van der Waals surface area (Å²) >= 11 is 1.63. The van der Waals surface area contributed by atoms with Crippen LogP contribution in [0.15, 0.2) is 18.5 Å². The minimum absolute atomic E-state index is 0.183. The van der Waals surface area contributed by atoms with Crippen LogP contribution in [0.25, 0.3) is 4.96 Å². The van der Waals surface area contributed by atoms with E-state index in [4.69, 9.17) is 5.10 Å². The van der Waals surface area contributed by atoms with Crippen molar-refractivity contribution in [1.29, 1.82) is 0 Å². The number of rotatable bonds is 4. The first kappa shape index (κ1) is 12.9. The molecule has 3 heterocycles. The second-order valence-electron chi connectivity index (χ2n) is 5.58. The molecule has 1 saturated carbocycles. The standard InChI is InChI=1S/C14H18N6S/c1-2-11(19-9-5-8-15-19)13-18-20-12(10-6-3-4-7-10)16-17-14(20)21-13/h5,8-11H,2-4,6-7H2,1H3. The molecule has 7 heteroatoms. The zero-order valence-electron chi connectivity index (χ0n) is 12.0. The van der Waals surface area contributed by atoms with Crippen molar-refractivity contribution in [3.63, 3.8) is 0 Å². The van der Waals surface area contributed by atoms with Crippen molar-refractivity contribution < 1.29 is 0 Å². The Bertz CT molecular complexity index is 722. The van der Waals surface area contributed by atoms with Gasteiger partial charge < -0.3 is 0 Å². The second kappa shape index (κ2) is 5.22. The van der Waals surface area contributed by atoms with Crippen molar-refractivity contribution in [2.75, 3.05) is 0 Å². The lowest BCUT2D eigenvalue weighted by Crippen LogP contribution is -2.11. The number of aromatic nitrogens is 6. The number of fused-ring (bicyclic) bond motifs is 1. The van der Waals surface area contributed by atoms with Gasteiger partial charge in [-0.1, -0.05) is 31.1 Å². The van der Waals surface area contributed by atoms with Gasteiger partial charge in [0.1, 0.15) is 11.0 Å². The maximum absolute atomic E-state index is 4.79. The maximum Gasteiger partial charge on any atom is 0.234 e. The molecule has 0 saturated heterocycles. The first-order valence-electron chi connectivity index (χ1n) is 7.58. The molecule has 3 aromatic rings. The summed E-state index contributed by atoms with van der Waals surface area (Å²) in [7, 11) is 0. The maximum atomic E-state index is 4.79. The second-order valence-corrected chi connectivity index (χ2v) is 6.57. The van der Waals surface area contributed by atoms with Crippen molar-refractivity contribution in [2.45, 2.75) is 51.0 Å². The van der Waals surface area contributed by atoms with Gasteiger partial charge in [0.2, 0.25) is 4.96 Å². The summed E-state index contributed by atoms with van der Waals surface area (Å²) in [6.45, 7) is 2.16. The van der Waals surface area contributed by atoms with Crippen molar-refractivity contribution in [2.24, 2.45) is 0 Å². The van der Waals surface area contributed by atoms with Gasteiger partial charge in [-0.2, -0.15) is 14.7 Å². The molecule has 1 aliphatic carbocycles. The summed E-state index contributed by atoms with van der Waals surface area (Å²) in [6, 6.07) is 2.13. The van der Waals surface area contributed by atoms with Gasteiger partial charge in [0, 0.05) is 18.3 Å². The van der Waals surface area contributed by atoms with Crippen LogP contribution < -0.4 is 0 Å². The third kappa shape index (κ3) is 2.16. The molecule has 6 nitrogen and oxygen atoms in total. The Morgan fingerprint density at radius 2 is 2.19 bits per heavy atom. The highest BCUT2D eigenvalue weighted by Crippen LogP contribution is 2.34. The van der Waals surface area contributed by atoms with E-state index in [1.165, 1.54) is 25.7 Å². The summed E-state index contributed by atoms with van der Waals surface area (Å²) in [4.78, 5) is 0.900. The van der Waals surface area contributed by atoms with Crippen LogP contribution in [-0.4, -0.2) is 29.6 Å². The summed E-state index contributed by atoms with van der Waals surface area (Å²) in [5.41, 5.74) is 0. The lowest BCUT2D eigenvalue weighted by atomic mass is 10.1. The fourth-order valence-electron chi connectivity index (χ4n) is 3.16. The van der Waals surface area contributed by atoms with Gasteiger partial charge in [-0.05, 0) is 25.3 Å². The Kier molecular flexibility index (Phi) is 3.21. The molecule has 3 aromatic heterocycles. The summed E-state index contributed by atoms with van der Waals surface area (Å²) in [5, 5.41) is 18.9. The Morgan fingerprint density at radius 3 is 2.90 bits per heavy atom. The van der Waals surface area contributed by atoms with Crippen LogP contribution in [0, 0.1) is 0 Å². The molecule has 0 aliphatic heterocycles. The number of nitrogens with zero attached hydrogens (tertiary/aromatic N) is 6. The Morgan fingerprint density at radius 1 is 1.33 bits per heavy atom. The van der Waals surface area contributed by atoms with Crippen LogP contribution >= 0.6 is 11.3 Å². The van der Waals surface area contributed by atoms with Crippen molar-refractivity contribution in [1.82, 2.24) is 29.6 Å². The summed E-state index contributed by atoms with van der Waals surface area (Å²) in [5.74, 6) is 1.57. The third-order valence-electron chi connectivity index (χ3n) is 4.27. The molecular formula is C14H18N6S. The minimum atomic E-state index is 0.183. The van der Waals surface area contributed by atoms with Gasteiger partial charge in [0.15, 0.2) is 5.82 Å². The SMILES string of the molecule is CCC(c1nn2c(C3CCCC3)nnc2s1)n1cccn1. The van der Waals surface area contributed by atoms with E-state index < -0.39 is 0 Å². The van der Waals surface area contributed by atoms with Gasteiger partial charge >= 0.3 is 0 Å². The molecule has 1 atom stereocenters. The fourth-order valence-corrected chi connectivity index (χ4v) is 4.18. The third-order valence-corrected chi connectivity index (χ3v) is 5.27. The zero-order chi connectivity index (χ0) is 14.2. The van der Waals surface area contributed by atoms with Crippen molar-refractivity contribution in [3.8, 4) is 0 Å². The largest absolute Gasteiger partial charge is 0.263 e. The van der Waals surface area contributed by atoms with Gasteiger partial charge in [0.05, 0.1) is 0 Å². The Balaban J connectivity index is 1.73. The van der Waals surface area contributed by atoms with Crippen LogP contribution in [-0.2, 0) is 0 Å². The Labute approximate surface area is 126 Å². The highest BCUT2D eigenvalue weighted by Gasteiger charge is 2.25. The highest BCUT2D eigenvalue weighted by molar-refractivity contribution is 7.16. The van der Waals surface area contributed by atoms with Crippen LogP contribution in [0.4, 0.5) is 0 Å². The van der Waals surface area contributed by atoms with Gasteiger partial charge in [-0.3, -0.25) is 4.68 Å². The summed E-state index contributed by atoms with van der Waals surface area (Å²) in [6.07, 6.45) is 9.78. The lowest BCUT2D eigenvalue weighted by molar-refractivity contribution is 0.499. The van der Waals surface area contributed by atoms with E-state index in [0.717, 1.165) is 22.2 Å². The molecule has 21 heavy (non-hydrogen) atoms. The van der Waals surface area contributed by atoms with Crippen LogP contribution in [0.2, 0.25) is 0 Å². The van der Waals surface area contributed by atoms with E-state index in [1.807, 2.05) is 27.7 Å². The molecule has 110 valence electrons. The molecular weight excluding hydrogens is 284 g/mol. The normalized spacial score (nSPS) is 17.8. The molecule has 0 amide bonds. The Hall–Kier alpha value is -1.76. The predicted octanol–water partition coefficient (Wildman–Crippen LogP) is 3.04. The van der Waals surface area contributed by atoms with E-state index >= 15 is 0 Å².